The zero-order valence-corrected chi connectivity index (χ0v) is 10.2. The lowest BCUT2D eigenvalue weighted by Gasteiger charge is -2.06. The van der Waals surface area contributed by atoms with Gasteiger partial charge < -0.3 is 15.4 Å². The standard InChI is InChI=1S/C10H14BClN2O3/c1-6(11(16)17)5-8(9(12)13-2)10(15)14-7-3-4-7/h5,7,16-17H,2-4H2,1H3,(H,14,15)/b6-5+,9-8+. The highest BCUT2D eigenvalue weighted by molar-refractivity contribution is 6.50. The highest BCUT2D eigenvalue weighted by Gasteiger charge is 2.25. The van der Waals surface area contributed by atoms with Gasteiger partial charge in [-0.3, -0.25) is 9.79 Å². The minimum absolute atomic E-state index is 0.0665. The minimum atomic E-state index is -1.63. The number of nitrogens with zero attached hydrogens (tertiary/aromatic N) is 1. The van der Waals surface area contributed by atoms with Crippen molar-refractivity contribution in [1.29, 1.82) is 0 Å². The molecular weight excluding hydrogens is 242 g/mol. The molecule has 0 unspecified atom stereocenters. The molecule has 0 bridgehead atoms. The molecule has 0 aromatic heterocycles. The number of aliphatic imine (C=N–C) groups is 1. The topological polar surface area (TPSA) is 81.9 Å². The maximum absolute atomic E-state index is 11.8. The number of hydrogen-bond donors (Lipinski definition) is 3. The lowest BCUT2D eigenvalue weighted by atomic mass is 9.79. The smallest absolute Gasteiger partial charge is 0.423 e. The summed E-state index contributed by atoms with van der Waals surface area (Å²) in [5.41, 5.74) is 0.284. The van der Waals surface area contributed by atoms with Crippen molar-refractivity contribution in [3.05, 3.63) is 22.3 Å². The quantitative estimate of drug-likeness (QED) is 0.219. The van der Waals surface area contributed by atoms with E-state index in [0.29, 0.717) is 0 Å². The summed E-state index contributed by atoms with van der Waals surface area (Å²) in [6.45, 7) is 4.71. The van der Waals surface area contributed by atoms with E-state index in [4.69, 9.17) is 21.6 Å². The molecule has 1 aliphatic carbocycles. The van der Waals surface area contributed by atoms with Gasteiger partial charge in [0.25, 0.3) is 5.91 Å². The van der Waals surface area contributed by atoms with E-state index in [-0.39, 0.29) is 28.2 Å². The van der Waals surface area contributed by atoms with Crippen LogP contribution in [-0.2, 0) is 4.79 Å². The van der Waals surface area contributed by atoms with Crippen LogP contribution >= 0.6 is 11.6 Å². The van der Waals surface area contributed by atoms with Gasteiger partial charge in [0.15, 0.2) is 0 Å². The second-order valence-electron chi connectivity index (χ2n) is 3.87. The molecule has 0 atom stereocenters. The monoisotopic (exact) mass is 256 g/mol. The molecule has 1 rings (SSSR count). The third kappa shape index (κ3) is 4.34. The van der Waals surface area contributed by atoms with Crippen LogP contribution in [0.15, 0.2) is 27.3 Å². The summed E-state index contributed by atoms with van der Waals surface area (Å²) in [5, 5.41) is 20.6. The molecule has 0 aliphatic heterocycles. The lowest BCUT2D eigenvalue weighted by molar-refractivity contribution is -0.117. The predicted molar refractivity (Wildman–Crippen MR) is 67.5 cm³/mol. The lowest BCUT2D eigenvalue weighted by Crippen LogP contribution is -2.27. The molecule has 1 amide bonds. The van der Waals surface area contributed by atoms with Crippen molar-refractivity contribution in [3.63, 3.8) is 0 Å². The fourth-order valence-electron chi connectivity index (χ4n) is 1.10. The Balaban J connectivity index is 2.91. The van der Waals surface area contributed by atoms with Crippen LogP contribution in [0.2, 0.25) is 0 Å². The minimum Gasteiger partial charge on any atom is -0.423 e. The Morgan fingerprint density at radius 3 is 2.59 bits per heavy atom. The van der Waals surface area contributed by atoms with E-state index in [1.807, 2.05) is 0 Å². The molecule has 0 spiro atoms. The van der Waals surface area contributed by atoms with Crippen LogP contribution in [0.3, 0.4) is 0 Å². The van der Waals surface area contributed by atoms with E-state index in [1.54, 1.807) is 0 Å². The van der Waals surface area contributed by atoms with Crippen LogP contribution in [0, 0.1) is 0 Å². The number of rotatable bonds is 5. The van der Waals surface area contributed by atoms with Gasteiger partial charge in [-0.1, -0.05) is 17.7 Å². The summed E-state index contributed by atoms with van der Waals surface area (Å²) < 4.78 is 0. The number of allylic oxidation sites excluding steroid dienone is 1. The van der Waals surface area contributed by atoms with Crippen molar-refractivity contribution >= 4 is 31.3 Å². The fraction of sp³-hybridized carbons (Fsp3) is 0.400. The van der Waals surface area contributed by atoms with E-state index in [9.17, 15) is 4.79 Å². The summed E-state index contributed by atoms with van der Waals surface area (Å²) in [7, 11) is -1.63. The van der Waals surface area contributed by atoms with Gasteiger partial charge in [0.2, 0.25) is 0 Å². The second kappa shape index (κ2) is 6.00. The first-order valence-electron chi connectivity index (χ1n) is 5.17. The van der Waals surface area contributed by atoms with E-state index in [2.05, 4.69) is 17.0 Å². The van der Waals surface area contributed by atoms with Crippen molar-refractivity contribution in [3.8, 4) is 0 Å². The van der Waals surface area contributed by atoms with Crippen LogP contribution in [0.25, 0.3) is 0 Å². The number of nitrogens with one attached hydrogen (secondary N) is 1. The molecule has 0 radical (unpaired) electrons. The summed E-state index contributed by atoms with van der Waals surface area (Å²) in [6, 6.07) is 0.180. The van der Waals surface area contributed by atoms with Crippen LogP contribution in [0.1, 0.15) is 19.8 Å². The highest BCUT2D eigenvalue weighted by atomic mass is 35.5. The molecule has 92 valence electrons. The van der Waals surface area contributed by atoms with Gasteiger partial charge in [-0.2, -0.15) is 0 Å². The number of amides is 1. The van der Waals surface area contributed by atoms with Crippen LogP contribution in [-0.4, -0.2) is 35.8 Å². The third-order valence-electron chi connectivity index (χ3n) is 2.30. The highest BCUT2D eigenvalue weighted by Crippen LogP contribution is 2.21. The Bertz CT molecular complexity index is 389. The Kier molecular flexibility index (Phi) is 4.93. The molecule has 1 saturated carbocycles. The largest absolute Gasteiger partial charge is 0.483 e. The Morgan fingerprint density at radius 2 is 2.18 bits per heavy atom. The van der Waals surface area contributed by atoms with Gasteiger partial charge in [-0.05, 0) is 32.0 Å². The fourth-order valence-corrected chi connectivity index (χ4v) is 1.24. The number of halogens is 1. The SMILES string of the molecule is C=N/C(Cl)=C(\C=C(/C)B(O)O)C(=O)NC1CC1. The van der Waals surface area contributed by atoms with Crippen molar-refractivity contribution in [2.75, 3.05) is 0 Å². The van der Waals surface area contributed by atoms with Crippen molar-refractivity contribution in [2.24, 2.45) is 4.99 Å². The van der Waals surface area contributed by atoms with E-state index >= 15 is 0 Å². The predicted octanol–water partition coefficient (Wildman–Crippen LogP) is 0.374. The molecule has 0 heterocycles. The molecule has 7 heteroatoms. The van der Waals surface area contributed by atoms with E-state index in [0.717, 1.165) is 12.8 Å². The van der Waals surface area contributed by atoms with Gasteiger partial charge in [0.05, 0.1) is 5.57 Å². The Morgan fingerprint density at radius 1 is 1.59 bits per heavy atom. The number of carbonyl (C=O) groups excluding carboxylic acids is 1. The molecule has 0 saturated heterocycles. The molecule has 17 heavy (non-hydrogen) atoms. The van der Waals surface area contributed by atoms with Crippen LogP contribution in [0.5, 0.6) is 0 Å². The first kappa shape index (κ1) is 14.0. The van der Waals surface area contributed by atoms with Crippen LogP contribution in [0.4, 0.5) is 0 Å². The first-order chi connectivity index (χ1) is 7.95. The Hall–Kier alpha value is -1.11. The Labute approximate surface area is 105 Å². The second-order valence-corrected chi connectivity index (χ2v) is 4.23. The van der Waals surface area contributed by atoms with Crippen molar-refractivity contribution < 1.29 is 14.8 Å². The van der Waals surface area contributed by atoms with Gasteiger partial charge in [0, 0.05) is 6.04 Å². The molecule has 1 aliphatic rings. The van der Waals surface area contributed by atoms with Gasteiger partial charge in [0.1, 0.15) is 5.16 Å². The summed E-state index contributed by atoms with van der Waals surface area (Å²) in [4.78, 5) is 15.3. The molecule has 3 N–H and O–H groups in total. The molecule has 5 nitrogen and oxygen atoms in total. The molecular formula is C10H14BClN2O3. The first-order valence-corrected chi connectivity index (χ1v) is 5.55. The zero-order valence-electron chi connectivity index (χ0n) is 9.48. The molecule has 0 aromatic rings. The molecule has 0 aromatic carbocycles. The van der Waals surface area contributed by atoms with Crippen molar-refractivity contribution in [2.45, 2.75) is 25.8 Å². The number of hydrogen-bond acceptors (Lipinski definition) is 4. The summed E-state index contributed by atoms with van der Waals surface area (Å²) >= 11 is 5.76. The average Bonchev–Trinajstić information content (AvgIpc) is 3.07. The average molecular weight is 256 g/mol. The van der Waals surface area contributed by atoms with Gasteiger partial charge in [-0.15, -0.1) is 0 Å². The van der Waals surface area contributed by atoms with Crippen molar-refractivity contribution in [1.82, 2.24) is 5.32 Å². The zero-order chi connectivity index (χ0) is 13.0. The van der Waals surface area contributed by atoms with E-state index in [1.165, 1.54) is 13.0 Å². The van der Waals surface area contributed by atoms with Crippen LogP contribution < -0.4 is 5.32 Å². The molecule has 1 fully saturated rings. The third-order valence-corrected chi connectivity index (χ3v) is 2.62. The maximum Gasteiger partial charge on any atom is 0.483 e. The van der Waals surface area contributed by atoms with E-state index < -0.39 is 7.12 Å². The van der Waals surface area contributed by atoms with Gasteiger partial charge in [-0.25, -0.2) is 0 Å². The normalized spacial score (nSPS) is 17.3. The summed E-state index contributed by atoms with van der Waals surface area (Å²) in [5.74, 6) is -0.384. The summed E-state index contributed by atoms with van der Waals surface area (Å²) in [6.07, 6.45) is 3.19. The maximum atomic E-state index is 11.8. The number of carbonyl (C=O) groups is 1. The van der Waals surface area contributed by atoms with Gasteiger partial charge >= 0.3 is 7.12 Å².